The molecule has 1 spiro atoms. The summed E-state index contributed by atoms with van der Waals surface area (Å²) in [6.45, 7) is 14.7. The molecule has 0 saturated carbocycles. The van der Waals surface area contributed by atoms with Crippen LogP contribution in [-0.2, 0) is 4.74 Å². The maximum atomic E-state index is 12.7. The van der Waals surface area contributed by atoms with E-state index in [0.717, 1.165) is 31.9 Å². The highest BCUT2D eigenvalue weighted by Crippen LogP contribution is 2.43. The fourth-order valence-corrected chi connectivity index (χ4v) is 3.91. The van der Waals surface area contributed by atoms with Crippen molar-refractivity contribution in [1.29, 1.82) is 0 Å². The van der Waals surface area contributed by atoms with Crippen molar-refractivity contribution in [2.45, 2.75) is 44.8 Å². The number of likely N-dealkylation sites (tertiary alicyclic amines) is 1. The van der Waals surface area contributed by atoms with Gasteiger partial charge in [0.2, 0.25) is 0 Å². The van der Waals surface area contributed by atoms with Gasteiger partial charge in [0.25, 0.3) is 0 Å². The van der Waals surface area contributed by atoms with Crippen LogP contribution in [0.15, 0.2) is 12.3 Å². The molecule has 0 aromatic carbocycles. The Morgan fingerprint density at radius 3 is 2.04 bits per heavy atom. The number of hydrogen-bond acceptors (Lipinski definition) is 4. The highest BCUT2D eigenvalue weighted by atomic mass is 16.6. The summed E-state index contributed by atoms with van der Waals surface area (Å²) in [7, 11) is 2.08. The van der Waals surface area contributed by atoms with Gasteiger partial charge in [0.1, 0.15) is 0 Å². The van der Waals surface area contributed by atoms with Crippen LogP contribution in [0.3, 0.4) is 0 Å². The molecule has 3 rings (SSSR count). The van der Waals surface area contributed by atoms with E-state index >= 15 is 0 Å². The molecule has 0 aromatic rings. The number of ether oxygens (including phenoxy) is 1. The summed E-state index contributed by atoms with van der Waals surface area (Å²) in [5, 5.41) is 0. The molecule has 3 fully saturated rings. The SMILES string of the molecule is C=C1N(C(C)(C)C)C(=O)OC12CCN(C(=O)N1CCN(C)CC1)CC2. The Morgan fingerprint density at radius 1 is 1.04 bits per heavy atom. The summed E-state index contributed by atoms with van der Waals surface area (Å²) in [4.78, 5) is 32.8. The molecular weight excluding hydrogens is 320 g/mol. The lowest BCUT2D eigenvalue weighted by atomic mass is 9.87. The topological polar surface area (TPSA) is 56.3 Å². The fourth-order valence-electron chi connectivity index (χ4n) is 3.91. The molecule has 0 N–H and O–H groups in total. The molecular formula is C18H30N4O3. The van der Waals surface area contributed by atoms with Gasteiger partial charge in [0.05, 0.1) is 5.70 Å². The minimum atomic E-state index is -0.650. The molecule has 3 saturated heterocycles. The van der Waals surface area contributed by atoms with E-state index in [2.05, 4.69) is 18.5 Å². The van der Waals surface area contributed by atoms with Gasteiger partial charge in [-0.3, -0.25) is 4.90 Å². The van der Waals surface area contributed by atoms with Crippen LogP contribution in [0.4, 0.5) is 9.59 Å². The third-order valence-electron chi connectivity index (χ3n) is 5.55. The summed E-state index contributed by atoms with van der Waals surface area (Å²) < 4.78 is 5.76. The van der Waals surface area contributed by atoms with Crippen LogP contribution < -0.4 is 0 Å². The number of hydrogen-bond donors (Lipinski definition) is 0. The molecule has 0 atom stereocenters. The zero-order valence-electron chi connectivity index (χ0n) is 15.9. The first-order chi connectivity index (χ1) is 11.6. The second kappa shape index (κ2) is 6.20. The van der Waals surface area contributed by atoms with Gasteiger partial charge >= 0.3 is 12.1 Å². The molecule has 7 heteroatoms. The van der Waals surface area contributed by atoms with Crippen LogP contribution in [0.5, 0.6) is 0 Å². The number of urea groups is 1. The van der Waals surface area contributed by atoms with Crippen LogP contribution in [0.2, 0.25) is 0 Å². The smallest absolute Gasteiger partial charge is 0.415 e. The van der Waals surface area contributed by atoms with Gasteiger partial charge < -0.3 is 19.4 Å². The zero-order valence-corrected chi connectivity index (χ0v) is 15.9. The lowest BCUT2D eigenvalue weighted by molar-refractivity contribution is 0.0176. The number of nitrogens with zero attached hydrogens (tertiary/aromatic N) is 4. The monoisotopic (exact) mass is 350 g/mol. The van der Waals surface area contributed by atoms with Crippen molar-refractivity contribution in [2.24, 2.45) is 0 Å². The maximum absolute atomic E-state index is 12.7. The molecule has 25 heavy (non-hydrogen) atoms. The third kappa shape index (κ3) is 3.21. The number of carbonyl (C=O) groups is 2. The van der Waals surface area contributed by atoms with Crippen molar-refractivity contribution in [3.8, 4) is 0 Å². The van der Waals surface area contributed by atoms with Crippen LogP contribution in [0.25, 0.3) is 0 Å². The van der Waals surface area contributed by atoms with Crippen molar-refractivity contribution in [2.75, 3.05) is 46.3 Å². The molecule has 140 valence electrons. The van der Waals surface area contributed by atoms with Crippen molar-refractivity contribution >= 4 is 12.1 Å². The highest BCUT2D eigenvalue weighted by Gasteiger charge is 2.53. The molecule has 0 bridgehead atoms. The molecule has 0 unspecified atom stereocenters. The van der Waals surface area contributed by atoms with E-state index < -0.39 is 5.60 Å². The van der Waals surface area contributed by atoms with Gasteiger partial charge in [-0.05, 0) is 27.8 Å². The predicted molar refractivity (Wildman–Crippen MR) is 95.2 cm³/mol. The van der Waals surface area contributed by atoms with Crippen LogP contribution in [-0.4, -0.2) is 89.2 Å². The number of rotatable bonds is 0. The Balaban J connectivity index is 1.63. The lowest BCUT2D eigenvalue weighted by Gasteiger charge is -2.42. The van der Waals surface area contributed by atoms with E-state index in [-0.39, 0.29) is 17.7 Å². The molecule has 3 amide bonds. The van der Waals surface area contributed by atoms with Crippen molar-refractivity contribution < 1.29 is 14.3 Å². The Bertz CT molecular complexity index is 567. The number of piperidine rings is 1. The second-order valence-electron chi connectivity index (χ2n) is 8.38. The number of likely N-dealkylation sites (N-methyl/N-ethyl adjacent to an activating group) is 1. The van der Waals surface area contributed by atoms with Gasteiger partial charge in [-0.1, -0.05) is 6.58 Å². The Hall–Kier alpha value is -1.76. The van der Waals surface area contributed by atoms with Gasteiger partial charge in [0, 0.05) is 57.6 Å². The Morgan fingerprint density at radius 2 is 1.56 bits per heavy atom. The molecule has 0 radical (unpaired) electrons. The lowest BCUT2D eigenvalue weighted by Crippen LogP contribution is -2.55. The van der Waals surface area contributed by atoms with Gasteiger partial charge in [0.15, 0.2) is 5.60 Å². The van der Waals surface area contributed by atoms with Crippen molar-refractivity contribution in [3.63, 3.8) is 0 Å². The van der Waals surface area contributed by atoms with Gasteiger partial charge in [-0.15, -0.1) is 0 Å². The van der Waals surface area contributed by atoms with Crippen LogP contribution in [0.1, 0.15) is 33.6 Å². The van der Waals surface area contributed by atoms with Gasteiger partial charge in [-0.25, -0.2) is 9.59 Å². The molecule has 7 nitrogen and oxygen atoms in total. The summed E-state index contributed by atoms with van der Waals surface area (Å²) in [5.41, 5.74) is -0.273. The van der Waals surface area contributed by atoms with E-state index in [1.54, 1.807) is 4.90 Å². The van der Waals surface area contributed by atoms with E-state index in [4.69, 9.17) is 4.74 Å². The summed E-state index contributed by atoms with van der Waals surface area (Å²) in [5.74, 6) is 0. The average molecular weight is 350 g/mol. The van der Waals surface area contributed by atoms with Gasteiger partial charge in [-0.2, -0.15) is 0 Å². The van der Waals surface area contributed by atoms with E-state index in [1.807, 2.05) is 30.6 Å². The Kier molecular flexibility index (Phi) is 4.47. The second-order valence-corrected chi connectivity index (χ2v) is 8.38. The van der Waals surface area contributed by atoms with Crippen molar-refractivity contribution in [1.82, 2.24) is 19.6 Å². The van der Waals surface area contributed by atoms with Crippen LogP contribution >= 0.6 is 0 Å². The minimum Gasteiger partial charge on any atom is -0.436 e. The fraction of sp³-hybridized carbons (Fsp3) is 0.778. The molecule has 3 aliphatic heterocycles. The minimum absolute atomic E-state index is 0.102. The third-order valence-corrected chi connectivity index (χ3v) is 5.55. The predicted octanol–water partition coefficient (Wildman–Crippen LogP) is 1.95. The average Bonchev–Trinajstić information content (AvgIpc) is 2.78. The highest BCUT2D eigenvalue weighted by molar-refractivity contribution is 5.77. The molecule has 0 aromatic heterocycles. The number of amides is 3. The van der Waals surface area contributed by atoms with E-state index in [1.165, 1.54) is 0 Å². The standard InChI is InChI=1S/C18H30N4O3/c1-14-18(25-16(24)22(14)17(2,3)4)6-8-20(9-7-18)15(23)21-12-10-19(5)11-13-21/h1,6-13H2,2-5H3. The zero-order chi connectivity index (χ0) is 18.4. The Labute approximate surface area is 150 Å². The number of carbonyl (C=O) groups excluding carboxylic acids is 2. The van der Waals surface area contributed by atoms with Crippen LogP contribution in [0, 0.1) is 0 Å². The first kappa shape index (κ1) is 18.0. The van der Waals surface area contributed by atoms with E-state index in [0.29, 0.717) is 25.9 Å². The maximum Gasteiger partial charge on any atom is 0.415 e. The summed E-state index contributed by atoms with van der Waals surface area (Å²) in [6.07, 6.45) is 0.907. The normalized spacial score (nSPS) is 24.9. The summed E-state index contributed by atoms with van der Waals surface area (Å²) in [6, 6.07) is 0.102. The quantitative estimate of drug-likeness (QED) is 0.670. The first-order valence-corrected chi connectivity index (χ1v) is 9.09. The van der Waals surface area contributed by atoms with Crippen molar-refractivity contribution in [3.05, 3.63) is 12.3 Å². The first-order valence-electron chi connectivity index (χ1n) is 9.09. The number of piperazine rings is 1. The largest absolute Gasteiger partial charge is 0.436 e. The molecule has 3 aliphatic rings. The summed E-state index contributed by atoms with van der Waals surface area (Å²) >= 11 is 0. The van der Waals surface area contributed by atoms with E-state index in [9.17, 15) is 9.59 Å². The molecule has 0 aliphatic carbocycles. The molecule has 3 heterocycles.